The maximum absolute atomic E-state index is 12.5. The van der Waals surface area contributed by atoms with Crippen LogP contribution in [-0.4, -0.2) is 59.6 Å². The van der Waals surface area contributed by atoms with Crippen molar-refractivity contribution in [2.45, 2.75) is 70.1 Å². The first-order chi connectivity index (χ1) is 15.2. The molecule has 2 fully saturated rings. The molecule has 1 aliphatic carbocycles. The van der Waals surface area contributed by atoms with E-state index in [1.807, 2.05) is 15.3 Å². The molecule has 1 aromatic rings. The van der Waals surface area contributed by atoms with Crippen molar-refractivity contribution in [2.75, 3.05) is 32.7 Å². The molecule has 0 atom stereocenters. The zero-order valence-corrected chi connectivity index (χ0v) is 19.2. The molecule has 8 heteroatoms. The van der Waals surface area contributed by atoms with E-state index in [1.165, 1.54) is 37.7 Å². The Morgan fingerprint density at radius 3 is 2.61 bits per heavy atom. The van der Waals surface area contributed by atoms with Crippen molar-refractivity contribution in [1.82, 2.24) is 25.6 Å². The van der Waals surface area contributed by atoms with E-state index in [2.05, 4.69) is 21.8 Å². The number of thiazole rings is 1. The number of nitrogens with zero attached hydrogens (tertiary/aromatic N) is 3. The molecule has 1 aromatic heterocycles. The van der Waals surface area contributed by atoms with Gasteiger partial charge in [-0.05, 0) is 57.8 Å². The summed E-state index contributed by atoms with van der Waals surface area (Å²) in [5.41, 5.74) is 5.00. The molecule has 2 N–H and O–H groups in total. The van der Waals surface area contributed by atoms with Crippen molar-refractivity contribution < 1.29 is 9.59 Å². The molecule has 7 nitrogen and oxygen atoms in total. The van der Waals surface area contributed by atoms with Crippen LogP contribution in [0.1, 0.15) is 85.6 Å². The molecule has 0 aromatic carbocycles. The second-order valence-electron chi connectivity index (χ2n) is 8.91. The summed E-state index contributed by atoms with van der Waals surface area (Å²) < 4.78 is 0. The van der Waals surface area contributed by atoms with E-state index in [-0.39, 0.29) is 11.9 Å². The Balaban J connectivity index is 1.19. The molecule has 4 rings (SSSR count). The summed E-state index contributed by atoms with van der Waals surface area (Å²) >= 11 is 1.57. The van der Waals surface area contributed by atoms with Gasteiger partial charge in [-0.2, -0.15) is 0 Å². The van der Waals surface area contributed by atoms with Crippen LogP contribution in [0.15, 0.2) is 17.0 Å². The molecule has 170 valence electrons. The number of piperidine rings is 2. The Bertz CT molecular complexity index is 779. The quantitative estimate of drug-likeness (QED) is 0.648. The number of allylic oxidation sites excluding steroid dienone is 1. The fraction of sp³-hybridized carbons (Fsp3) is 0.696. The molecular formula is C23H35N5O2S. The van der Waals surface area contributed by atoms with E-state index in [4.69, 9.17) is 0 Å². The maximum atomic E-state index is 12.5. The average molecular weight is 446 g/mol. The van der Waals surface area contributed by atoms with Gasteiger partial charge < -0.3 is 10.2 Å². The predicted molar refractivity (Wildman–Crippen MR) is 123 cm³/mol. The van der Waals surface area contributed by atoms with Crippen molar-refractivity contribution in [3.05, 3.63) is 27.7 Å². The minimum Gasteiger partial charge on any atom is -0.338 e. The molecule has 0 saturated carbocycles. The molecule has 0 bridgehead atoms. The molecule has 0 spiro atoms. The maximum Gasteiger partial charge on any atom is 0.317 e. The molecule has 0 radical (unpaired) electrons. The third-order valence-corrected chi connectivity index (χ3v) is 7.62. The van der Waals surface area contributed by atoms with Crippen LogP contribution < -0.4 is 10.7 Å². The first-order valence-corrected chi connectivity index (χ1v) is 12.8. The fourth-order valence-corrected chi connectivity index (χ4v) is 5.66. The van der Waals surface area contributed by atoms with Crippen LogP contribution in [0.5, 0.6) is 0 Å². The van der Waals surface area contributed by atoms with Gasteiger partial charge in [0.2, 0.25) is 0 Å². The van der Waals surface area contributed by atoms with Gasteiger partial charge in [0.25, 0.3) is 5.91 Å². The van der Waals surface area contributed by atoms with Crippen molar-refractivity contribution in [3.63, 3.8) is 0 Å². The summed E-state index contributed by atoms with van der Waals surface area (Å²) in [6, 6.07) is 0.0515. The number of urea groups is 1. The van der Waals surface area contributed by atoms with Crippen molar-refractivity contribution in [1.29, 1.82) is 0 Å². The van der Waals surface area contributed by atoms with Crippen molar-refractivity contribution in [3.8, 4) is 0 Å². The van der Waals surface area contributed by atoms with Gasteiger partial charge >= 0.3 is 6.03 Å². The number of hydrogen-bond donors (Lipinski definition) is 2. The lowest BCUT2D eigenvalue weighted by atomic mass is 9.97. The number of likely N-dealkylation sites (tertiary alicyclic amines) is 1. The highest BCUT2D eigenvalue weighted by molar-refractivity contribution is 7.09. The zero-order chi connectivity index (χ0) is 21.5. The van der Waals surface area contributed by atoms with Crippen LogP contribution in [0.25, 0.3) is 0 Å². The Hall–Kier alpha value is -1.93. The smallest absolute Gasteiger partial charge is 0.317 e. The summed E-state index contributed by atoms with van der Waals surface area (Å²) in [5, 5.41) is 7.98. The largest absolute Gasteiger partial charge is 0.338 e. The van der Waals surface area contributed by atoms with Gasteiger partial charge in [0, 0.05) is 44.0 Å². The zero-order valence-electron chi connectivity index (χ0n) is 18.4. The van der Waals surface area contributed by atoms with Gasteiger partial charge in [0.05, 0.1) is 5.01 Å². The van der Waals surface area contributed by atoms with Gasteiger partial charge in [-0.3, -0.25) is 10.2 Å². The normalized spacial score (nSPS) is 20.9. The number of carbonyl (C=O) groups is 2. The topological polar surface area (TPSA) is 77.6 Å². The number of aromatic nitrogens is 1. The lowest BCUT2D eigenvalue weighted by molar-refractivity contribution is 0.0745. The van der Waals surface area contributed by atoms with Gasteiger partial charge in [-0.25, -0.2) is 14.8 Å². The van der Waals surface area contributed by atoms with Gasteiger partial charge in [0.15, 0.2) is 0 Å². The molecule has 0 unspecified atom stereocenters. The van der Waals surface area contributed by atoms with E-state index in [1.54, 1.807) is 11.3 Å². The predicted octanol–water partition coefficient (Wildman–Crippen LogP) is 4.05. The van der Waals surface area contributed by atoms with Crippen molar-refractivity contribution >= 4 is 23.3 Å². The Labute approximate surface area is 189 Å². The first-order valence-electron chi connectivity index (χ1n) is 11.9. The number of hydrazine groups is 1. The van der Waals surface area contributed by atoms with Crippen LogP contribution in [0.3, 0.4) is 0 Å². The van der Waals surface area contributed by atoms with Gasteiger partial charge in [-0.15, -0.1) is 11.3 Å². The Morgan fingerprint density at radius 1 is 1.06 bits per heavy atom. The highest BCUT2D eigenvalue weighted by Crippen LogP contribution is 2.30. The van der Waals surface area contributed by atoms with Crippen LogP contribution in [0.2, 0.25) is 0 Å². The minimum atomic E-state index is -0.103. The van der Waals surface area contributed by atoms with Crippen molar-refractivity contribution in [2.24, 2.45) is 0 Å². The number of nitrogens with one attached hydrogen (secondary N) is 2. The summed E-state index contributed by atoms with van der Waals surface area (Å²) in [4.78, 5) is 31.5. The number of carbonyl (C=O) groups excluding carboxylic acids is 2. The summed E-state index contributed by atoms with van der Waals surface area (Å²) in [5.74, 6) is 0.229. The van der Waals surface area contributed by atoms with E-state index in [9.17, 15) is 9.59 Å². The summed E-state index contributed by atoms with van der Waals surface area (Å²) in [6.45, 7) is 4.05. The third kappa shape index (κ3) is 6.29. The summed E-state index contributed by atoms with van der Waals surface area (Å²) in [7, 11) is 0. The fourth-order valence-electron chi connectivity index (χ4n) is 4.69. The second kappa shape index (κ2) is 11.1. The SMILES string of the molecule is O=C(NN1CCCCC1)c1csc(C2CCN(C(=O)NCCC3=CCCCC3)CC2)n1. The highest BCUT2D eigenvalue weighted by Gasteiger charge is 2.26. The lowest BCUT2D eigenvalue weighted by Gasteiger charge is -2.31. The minimum absolute atomic E-state index is 0.0515. The van der Waals surface area contributed by atoms with Crippen LogP contribution in [-0.2, 0) is 0 Å². The standard InChI is InChI=1S/C23H35N5O2S/c29-21(26-28-13-5-2-6-14-28)20-17-31-22(25-20)19-10-15-27(16-11-19)23(30)24-12-9-18-7-3-1-4-8-18/h7,17,19H,1-6,8-16H2,(H,24,30)(H,26,29). The Morgan fingerprint density at radius 2 is 1.87 bits per heavy atom. The van der Waals surface area contributed by atoms with Gasteiger partial charge in [-0.1, -0.05) is 18.1 Å². The van der Waals surface area contributed by atoms with E-state index >= 15 is 0 Å². The first kappa shape index (κ1) is 22.3. The van der Waals surface area contributed by atoms with E-state index in [0.29, 0.717) is 11.6 Å². The van der Waals surface area contributed by atoms with Gasteiger partial charge in [0.1, 0.15) is 5.69 Å². The number of rotatable bonds is 6. The van der Waals surface area contributed by atoms with E-state index in [0.717, 1.165) is 69.8 Å². The van der Waals surface area contributed by atoms with Crippen LogP contribution >= 0.6 is 11.3 Å². The number of hydrogen-bond acceptors (Lipinski definition) is 5. The molecule has 2 aliphatic heterocycles. The van der Waals surface area contributed by atoms with Crippen LogP contribution in [0, 0.1) is 0 Å². The number of amides is 3. The molecule has 3 amide bonds. The summed E-state index contributed by atoms with van der Waals surface area (Å²) in [6.07, 6.45) is 13.6. The van der Waals surface area contributed by atoms with Crippen LogP contribution in [0.4, 0.5) is 4.79 Å². The van der Waals surface area contributed by atoms with E-state index < -0.39 is 0 Å². The monoisotopic (exact) mass is 445 g/mol. The lowest BCUT2D eigenvalue weighted by Crippen LogP contribution is -2.45. The molecule has 31 heavy (non-hydrogen) atoms. The Kier molecular flexibility index (Phi) is 7.97. The molecule has 2 saturated heterocycles. The molecule has 3 heterocycles. The average Bonchev–Trinajstić information content (AvgIpc) is 3.31. The second-order valence-corrected chi connectivity index (χ2v) is 9.80. The molecule has 3 aliphatic rings. The molecular weight excluding hydrogens is 410 g/mol. The highest BCUT2D eigenvalue weighted by atomic mass is 32.1. The third-order valence-electron chi connectivity index (χ3n) is 6.61.